The average molecular weight is 303 g/mol. The predicted octanol–water partition coefficient (Wildman–Crippen LogP) is 3.90. The molecule has 1 aliphatic heterocycles. The number of benzene rings is 2. The van der Waals surface area contributed by atoms with Gasteiger partial charge >= 0.3 is 5.97 Å². The van der Waals surface area contributed by atoms with E-state index in [1.807, 2.05) is 48.5 Å². The van der Waals surface area contributed by atoms with E-state index in [4.69, 9.17) is 4.74 Å². The van der Waals surface area contributed by atoms with Gasteiger partial charge in [-0.2, -0.15) is 0 Å². The number of hydrogen-bond donors (Lipinski definition) is 0. The van der Waals surface area contributed by atoms with Gasteiger partial charge in [0.05, 0.1) is 5.56 Å². The lowest BCUT2D eigenvalue weighted by atomic mass is 9.95. The van der Waals surface area contributed by atoms with E-state index < -0.39 is 0 Å². The molecule has 2 nitrogen and oxygen atoms in total. The first-order chi connectivity index (χ1) is 8.75. The lowest BCUT2D eigenvalue weighted by Gasteiger charge is -2.25. The Balaban J connectivity index is 2.00. The highest BCUT2D eigenvalue weighted by molar-refractivity contribution is 9.10. The Hall–Kier alpha value is -1.61. The molecule has 1 aliphatic rings. The van der Waals surface area contributed by atoms with E-state index >= 15 is 0 Å². The van der Waals surface area contributed by atoms with E-state index in [0.717, 1.165) is 22.0 Å². The molecule has 0 amide bonds. The molecule has 0 aromatic heterocycles. The largest absolute Gasteiger partial charge is 0.454 e. The molecular formula is C15H11BrO2. The van der Waals surface area contributed by atoms with Gasteiger partial charge in [-0.3, -0.25) is 0 Å². The SMILES string of the molecule is O=C1OC(c2ccccc2)Cc2cccc(Br)c21. The second-order valence-corrected chi connectivity index (χ2v) is 5.14. The van der Waals surface area contributed by atoms with Crippen LogP contribution in [-0.4, -0.2) is 5.97 Å². The molecule has 0 saturated heterocycles. The van der Waals surface area contributed by atoms with Gasteiger partial charge in [0.25, 0.3) is 0 Å². The normalized spacial score (nSPS) is 18.1. The van der Waals surface area contributed by atoms with Crippen molar-refractivity contribution in [3.8, 4) is 0 Å². The van der Waals surface area contributed by atoms with E-state index in [2.05, 4.69) is 15.9 Å². The van der Waals surface area contributed by atoms with Crippen molar-refractivity contribution >= 4 is 21.9 Å². The number of hydrogen-bond acceptors (Lipinski definition) is 2. The number of rotatable bonds is 1. The van der Waals surface area contributed by atoms with Crippen molar-refractivity contribution in [2.45, 2.75) is 12.5 Å². The van der Waals surface area contributed by atoms with E-state index in [1.54, 1.807) is 0 Å². The van der Waals surface area contributed by atoms with Crippen LogP contribution in [0.1, 0.15) is 27.6 Å². The summed E-state index contributed by atoms with van der Waals surface area (Å²) in [6, 6.07) is 15.6. The van der Waals surface area contributed by atoms with E-state index in [-0.39, 0.29) is 12.1 Å². The molecule has 1 heterocycles. The van der Waals surface area contributed by atoms with Crippen LogP contribution in [-0.2, 0) is 11.2 Å². The number of ether oxygens (including phenoxy) is 1. The van der Waals surface area contributed by atoms with Crippen LogP contribution in [0.3, 0.4) is 0 Å². The van der Waals surface area contributed by atoms with Crippen LogP contribution in [0, 0.1) is 0 Å². The van der Waals surface area contributed by atoms with Crippen molar-refractivity contribution in [3.63, 3.8) is 0 Å². The fourth-order valence-electron chi connectivity index (χ4n) is 2.25. The van der Waals surface area contributed by atoms with Crippen LogP contribution in [0.2, 0.25) is 0 Å². The van der Waals surface area contributed by atoms with Crippen LogP contribution in [0.5, 0.6) is 0 Å². The van der Waals surface area contributed by atoms with Crippen molar-refractivity contribution < 1.29 is 9.53 Å². The molecule has 0 spiro atoms. The van der Waals surface area contributed by atoms with Gasteiger partial charge in [0.15, 0.2) is 0 Å². The summed E-state index contributed by atoms with van der Waals surface area (Å²) in [5.41, 5.74) is 2.73. The van der Waals surface area contributed by atoms with Gasteiger partial charge in [0.2, 0.25) is 0 Å². The molecule has 2 aromatic rings. The number of cyclic esters (lactones) is 1. The van der Waals surface area contributed by atoms with Crippen molar-refractivity contribution in [1.82, 2.24) is 0 Å². The zero-order valence-corrected chi connectivity index (χ0v) is 11.2. The maximum atomic E-state index is 12.0. The van der Waals surface area contributed by atoms with Crippen LogP contribution < -0.4 is 0 Å². The van der Waals surface area contributed by atoms with Crippen molar-refractivity contribution in [2.24, 2.45) is 0 Å². The predicted molar refractivity (Wildman–Crippen MR) is 72.4 cm³/mol. The highest BCUT2D eigenvalue weighted by Gasteiger charge is 2.28. The Morgan fingerprint density at radius 2 is 1.83 bits per heavy atom. The summed E-state index contributed by atoms with van der Waals surface area (Å²) >= 11 is 3.40. The monoisotopic (exact) mass is 302 g/mol. The molecule has 0 bridgehead atoms. The van der Waals surface area contributed by atoms with Crippen LogP contribution in [0.15, 0.2) is 53.0 Å². The maximum Gasteiger partial charge on any atom is 0.340 e. The Bertz CT molecular complexity index is 593. The molecule has 1 unspecified atom stereocenters. The lowest BCUT2D eigenvalue weighted by molar-refractivity contribution is 0.0251. The maximum absolute atomic E-state index is 12.0. The zero-order valence-electron chi connectivity index (χ0n) is 9.60. The number of fused-ring (bicyclic) bond motifs is 1. The van der Waals surface area contributed by atoms with Crippen molar-refractivity contribution in [2.75, 3.05) is 0 Å². The standard InChI is InChI=1S/C15H11BrO2/c16-12-8-4-7-11-9-13(18-15(17)14(11)12)10-5-2-1-3-6-10/h1-8,13H,9H2. The van der Waals surface area contributed by atoms with Crippen molar-refractivity contribution in [1.29, 1.82) is 0 Å². The minimum Gasteiger partial charge on any atom is -0.454 e. The minimum absolute atomic E-state index is 0.180. The van der Waals surface area contributed by atoms with E-state index in [9.17, 15) is 4.79 Å². The minimum atomic E-state index is -0.252. The summed E-state index contributed by atoms with van der Waals surface area (Å²) in [6.45, 7) is 0. The Labute approximate surface area is 114 Å². The Morgan fingerprint density at radius 1 is 1.06 bits per heavy atom. The summed E-state index contributed by atoms with van der Waals surface area (Å²) in [5, 5.41) is 0. The molecule has 18 heavy (non-hydrogen) atoms. The smallest absolute Gasteiger partial charge is 0.340 e. The topological polar surface area (TPSA) is 26.3 Å². The molecule has 0 radical (unpaired) electrons. The average Bonchev–Trinajstić information content (AvgIpc) is 2.39. The summed E-state index contributed by atoms with van der Waals surface area (Å²) in [4.78, 5) is 12.0. The molecule has 2 aromatic carbocycles. The molecule has 0 fully saturated rings. The highest BCUT2D eigenvalue weighted by atomic mass is 79.9. The van der Waals surface area contributed by atoms with Gasteiger partial charge in [0, 0.05) is 10.9 Å². The first kappa shape index (κ1) is 11.5. The first-order valence-corrected chi connectivity index (χ1v) is 6.58. The third kappa shape index (κ3) is 1.95. The van der Waals surface area contributed by atoms with Crippen LogP contribution in [0.25, 0.3) is 0 Å². The van der Waals surface area contributed by atoms with E-state index in [1.165, 1.54) is 0 Å². The van der Waals surface area contributed by atoms with Crippen molar-refractivity contribution in [3.05, 3.63) is 69.7 Å². The third-order valence-corrected chi connectivity index (χ3v) is 3.79. The van der Waals surface area contributed by atoms with Crippen LogP contribution in [0.4, 0.5) is 0 Å². The summed E-state index contributed by atoms with van der Waals surface area (Å²) in [6.07, 6.45) is 0.547. The molecule has 3 heteroatoms. The lowest BCUT2D eigenvalue weighted by Crippen LogP contribution is -2.22. The molecule has 3 rings (SSSR count). The van der Waals surface area contributed by atoms with Gasteiger partial charge in [-0.15, -0.1) is 0 Å². The molecule has 0 N–H and O–H groups in total. The fraction of sp³-hybridized carbons (Fsp3) is 0.133. The Morgan fingerprint density at radius 3 is 2.61 bits per heavy atom. The molecule has 90 valence electrons. The number of carbonyl (C=O) groups is 1. The highest BCUT2D eigenvalue weighted by Crippen LogP contribution is 2.33. The molecule has 0 aliphatic carbocycles. The zero-order chi connectivity index (χ0) is 12.5. The van der Waals surface area contributed by atoms with Crippen LogP contribution >= 0.6 is 15.9 Å². The quantitative estimate of drug-likeness (QED) is 0.747. The number of carbonyl (C=O) groups excluding carboxylic acids is 1. The second kappa shape index (κ2) is 4.58. The van der Waals surface area contributed by atoms with Gasteiger partial charge in [-0.05, 0) is 33.1 Å². The van der Waals surface area contributed by atoms with Gasteiger partial charge in [-0.25, -0.2) is 4.79 Å². The summed E-state index contributed by atoms with van der Waals surface area (Å²) < 4.78 is 6.31. The first-order valence-electron chi connectivity index (χ1n) is 5.79. The van der Waals surface area contributed by atoms with E-state index in [0.29, 0.717) is 5.56 Å². The molecular weight excluding hydrogens is 292 g/mol. The van der Waals surface area contributed by atoms with Gasteiger partial charge in [-0.1, -0.05) is 42.5 Å². The molecule has 1 atom stereocenters. The number of esters is 1. The van der Waals surface area contributed by atoms with Gasteiger partial charge in [0.1, 0.15) is 6.10 Å². The fourth-order valence-corrected chi connectivity index (χ4v) is 2.82. The molecule has 0 saturated carbocycles. The summed E-state index contributed by atoms with van der Waals surface area (Å²) in [7, 11) is 0. The number of halogens is 1. The summed E-state index contributed by atoms with van der Waals surface area (Å²) in [5.74, 6) is -0.252. The Kier molecular flexibility index (Phi) is 2.92. The van der Waals surface area contributed by atoms with Gasteiger partial charge < -0.3 is 4.74 Å². The third-order valence-electron chi connectivity index (χ3n) is 3.13. The second-order valence-electron chi connectivity index (χ2n) is 4.28.